The zero-order chi connectivity index (χ0) is 12.0. The lowest BCUT2D eigenvalue weighted by Crippen LogP contribution is -2.46. The molecule has 2 atom stereocenters. The minimum absolute atomic E-state index is 0.524. The number of hydrogen-bond acceptors (Lipinski definition) is 4. The lowest BCUT2D eigenvalue weighted by molar-refractivity contribution is -0.0471. The van der Waals surface area contributed by atoms with Crippen molar-refractivity contribution in [3.63, 3.8) is 0 Å². The van der Waals surface area contributed by atoms with Crippen molar-refractivity contribution in [2.75, 3.05) is 13.1 Å². The van der Waals surface area contributed by atoms with Crippen LogP contribution in [-0.2, 0) is 12.6 Å². The number of halogens is 1. The van der Waals surface area contributed by atoms with Crippen molar-refractivity contribution in [1.29, 1.82) is 0 Å². The Balaban J connectivity index is 1.91. The monoisotopic (exact) mass is 300 g/mol. The standard InChI is InChI=1S/C11H17BrN4O/c1-15-9(10(12)13-14-15)11(17)4-6-16-5-2-3-8(16)7-11/h8,17H,2-7H2,1H3. The molecule has 2 aliphatic rings. The van der Waals surface area contributed by atoms with Gasteiger partial charge >= 0.3 is 0 Å². The predicted octanol–water partition coefficient (Wildman–Crippen LogP) is 1.02. The first-order valence-corrected chi connectivity index (χ1v) is 6.91. The van der Waals surface area contributed by atoms with E-state index in [9.17, 15) is 5.11 Å². The number of fused-ring (bicyclic) bond motifs is 1. The van der Waals surface area contributed by atoms with Crippen molar-refractivity contribution < 1.29 is 5.11 Å². The molecule has 0 radical (unpaired) electrons. The van der Waals surface area contributed by atoms with Gasteiger partial charge in [-0.15, -0.1) is 5.10 Å². The summed E-state index contributed by atoms with van der Waals surface area (Å²) in [6, 6.07) is 0.524. The molecule has 0 aromatic carbocycles. The first kappa shape index (κ1) is 11.6. The Morgan fingerprint density at radius 3 is 3.00 bits per heavy atom. The third kappa shape index (κ3) is 1.82. The molecular weight excluding hydrogens is 284 g/mol. The summed E-state index contributed by atoms with van der Waals surface area (Å²) in [6.45, 7) is 2.16. The van der Waals surface area contributed by atoms with Crippen molar-refractivity contribution >= 4 is 15.9 Å². The molecule has 1 N–H and O–H groups in total. The van der Waals surface area contributed by atoms with Crippen LogP contribution in [0.15, 0.2) is 4.60 Å². The van der Waals surface area contributed by atoms with Gasteiger partial charge in [0, 0.05) is 19.6 Å². The molecule has 94 valence electrons. The van der Waals surface area contributed by atoms with Gasteiger partial charge in [0.1, 0.15) is 11.3 Å². The third-order valence-electron chi connectivity index (χ3n) is 4.11. The Morgan fingerprint density at radius 1 is 1.47 bits per heavy atom. The van der Waals surface area contributed by atoms with Gasteiger partial charge in [0.15, 0.2) is 4.60 Å². The molecule has 5 nitrogen and oxygen atoms in total. The van der Waals surface area contributed by atoms with Gasteiger partial charge in [0.25, 0.3) is 0 Å². The highest BCUT2D eigenvalue weighted by Crippen LogP contribution is 2.41. The van der Waals surface area contributed by atoms with Crippen molar-refractivity contribution in [3.05, 3.63) is 10.3 Å². The van der Waals surface area contributed by atoms with Crippen LogP contribution in [0.5, 0.6) is 0 Å². The molecule has 2 unspecified atom stereocenters. The highest BCUT2D eigenvalue weighted by molar-refractivity contribution is 9.10. The van der Waals surface area contributed by atoms with E-state index in [1.807, 2.05) is 7.05 Å². The fourth-order valence-electron chi connectivity index (χ4n) is 3.28. The Labute approximate surface area is 109 Å². The highest BCUT2D eigenvalue weighted by Gasteiger charge is 2.44. The molecule has 1 aromatic rings. The quantitative estimate of drug-likeness (QED) is 0.841. The molecule has 0 aliphatic carbocycles. The summed E-state index contributed by atoms with van der Waals surface area (Å²) in [5, 5.41) is 18.8. The van der Waals surface area contributed by atoms with Crippen LogP contribution >= 0.6 is 15.9 Å². The Kier molecular flexibility index (Phi) is 2.76. The number of nitrogens with zero attached hydrogens (tertiary/aromatic N) is 4. The van der Waals surface area contributed by atoms with E-state index in [4.69, 9.17) is 0 Å². The van der Waals surface area contributed by atoms with E-state index in [0.717, 1.165) is 25.1 Å². The van der Waals surface area contributed by atoms with E-state index in [2.05, 4.69) is 31.1 Å². The molecule has 3 heterocycles. The van der Waals surface area contributed by atoms with E-state index in [1.165, 1.54) is 19.4 Å². The number of aryl methyl sites for hydroxylation is 1. The van der Waals surface area contributed by atoms with E-state index in [1.54, 1.807) is 4.68 Å². The van der Waals surface area contributed by atoms with Gasteiger partial charge in [0.2, 0.25) is 0 Å². The van der Waals surface area contributed by atoms with Gasteiger partial charge in [-0.25, -0.2) is 4.68 Å². The molecule has 2 fully saturated rings. The largest absolute Gasteiger partial charge is 0.383 e. The minimum atomic E-state index is -0.775. The summed E-state index contributed by atoms with van der Waals surface area (Å²) in [5.74, 6) is 0. The van der Waals surface area contributed by atoms with E-state index in [0.29, 0.717) is 10.6 Å². The second kappa shape index (κ2) is 4.03. The normalized spacial score (nSPS) is 33.9. The SMILES string of the molecule is Cn1nnc(Br)c1C1(O)CCN2CCCC2C1. The maximum absolute atomic E-state index is 10.9. The van der Waals surface area contributed by atoms with Gasteiger partial charge in [-0.1, -0.05) is 5.21 Å². The van der Waals surface area contributed by atoms with Gasteiger partial charge < -0.3 is 10.0 Å². The first-order valence-electron chi connectivity index (χ1n) is 6.12. The molecule has 0 amide bonds. The molecule has 1 aromatic heterocycles. The highest BCUT2D eigenvalue weighted by atomic mass is 79.9. The van der Waals surface area contributed by atoms with Gasteiger partial charge in [0.05, 0.1) is 0 Å². The number of aromatic nitrogens is 3. The number of aliphatic hydroxyl groups is 1. The molecule has 0 spiro atoms. The average Bonchev–Trinajstić information content (AvgIpc) is 2.85. The van der Waals surface area contributed by atoms with E-state index in [-0.39, 0.29) is 0 Å². The fourth-order valence-corrected chi connectivity index (χ4v) is 3.98. The summed E-state index contributed by atoms with van der Waals surface area (Å²) in [5.41, 5.74) is 0.0480. The molecule has 17 heavy (non-hydrogen) atoms. The minimum Gasteiger partial charge on any atom is -0.383 e. The number of hydrogen-bond donors (Lipinski definition) is 1. The average molecular weight is 301 g/mol. The van der Waals surface area contributed by atoms with Crippen LogP contribution in [0.2, 0.25) is 0 Å². The van der Waals surface area contributed by atoms with Crippen LogP contribution in [0.4, 0.5) is 0 Å². The summed E-state index contributed by atoms with van der Waals surface area (Å²) in [6.07, 6.45) is 4.02. The van der Waals surface area contributed by atoms with E-state index < -0.39 is 5.60 Å². The summed E-state index contributed by atoms with van der Waals surface area (Å²) >= 11 is 3.39. The van der Waals surface area contributed by atoms with Crippen LogP contribution in [-0.4, -0.2) is 44.1 Å². The van der Waals surface area contributed by atoms with Crippen molar-refractivity contribution in [3.8, 4) is 0 Å². The van der Waals surface area contributed by atoms with Gasteiger partial charge in [-0.2, -0.15) is 0 Å². The Bertz CT molecular complexity index is 416. The first-order chi connectivity index (χ1) is 8.10. The smallest absolute Gasteiger partial charge is 0.154 e. The molecule has 2 saturated heterocycles. The fraction of sp³-hybridized carbons (Fsp3) is 0.818. The maximum atomic E-state index is 10.9. The third-order valence-corrected chi connectivity index (χ3v) is 4.65. The molecule has 2 aliphatic heterocycles. The predicted molar refractivity (Wildman–Crippen MR) is 66.4 cm³/mol. The van der Waals surface area contributed by atoms with Crippen LogP contribution in [0.3, 0.4) is 0 Å². The second-order valence-corrected chi connectivity index (χ2v) is 5.92. The Morgan fingerprint density at radius 2 is 2.29 bits per heavy atom. The number of piperidine rings is 1. The van der Waals surface area contributed by atoms with Crippen molar-refractivity contribution in [2.24, 2.45) is 7.05 Å². The molecule has 6 heteroatoms. The number of rotatable bonds is 1. The molecule has 0 saturated carbocycles. The topological polar surface area (TPSA) is 54.2 Å². The van der Waals surface area contributed by atoms with Gasteiger partial charge in [-0.3, -0.25) is 0 Å². The molecular formula is C11H17BrN4O. The van der Waals surface area contributed by atoms with Crippen LogP contribution < -0.4 is 0 Å². The lowest BCUT2D eigenvalue weighted by Gasteiger charge is -2.40. The molecule has 0 bridgehead atoms. The van der Waals surface area contributed by atoms with Crippen molar-refractivity contribution in [1.82, 2.24) is 19.9 Å². The summed E-state index contributed by atoms with van der Waals surface area (Å²) in [7, 11) is 1.84. The van der Waals surface area contributed by atoms with Crippen molar-refractivity contribution in [2.45, 2.75) is 37.3 Å². The summed E-state index contributed by atoms with van der Waals surface area (Å²) < 4.78 is 2.36. The Hall–Kier alpha value is -0.460. The summed E-state index contributed by atoms with van der Waals surface area (Å²) in [4.78, 5) is 2.49. The van der Waals surface area contributed by atoms with E-state index >= 15 is 0 Å². The zero-order valence-corrected chi connectivity index (χ0v) is 11.5. The molecule has 3 rings (SSSR count). The second-order valence-electron chi connectivity index (χ2n) is 5.17. The van der Waals surface area contributed by atoms with Gasteiger partial charge in [-0.05, 0) is 48.2 Å². The lowest BCUT2D eigenvalue weighted by atomic mass is 9.84. The van der Waals surface area contributed by atoms with Crippen LogP contribution in [0.25, 0.3) is 0 Å². The van der Waals surface area contributed by atoms with Crippen LogP contribution in [0, 0.1) is 0 Å². The zero-order valence-electron chi connectivity index (χ0n) is 9.93. The maximum Gasteiger partial charge on any atom is 0.154 e. The van der Waals surface area contributed by atoms with Crippen LogP contribution in [0.1, 0.15) is 31.4 Å².